The van der Waals surface area contributed by atoms with Crippen LogP contribution in [0.25, 0.3) is 0 Å². The largest absolute Gasteiger partial charge is 0.390 e. The Bertz CT molecular complexity index is 396. The third-order valence-corrected chi connectivity index (χ3v) is 2.90. The van der Waals surface area contributed by atoms with Crippen molar-refractivity contribution in [3.05, 3.63) is 29.8 Å². The zero-order valence-corrected chi connectivity index (χ0v) is 11.1. The fourth-order valence-corrected chi connectivity index (χ4v) is 1.78. The predicted octanol–water partition coefficient (Wildman–Crippen LogP) is 1.67. The second-order valence-corrected chi connectivity index (χ2v) is 4.21. The van der Waals surface area contributed by atoms with Gasteiger partial charge in [-0.3, -0.25) is 0 Å². The predicted molar refractivity (Wildman–Crippen MR) is 73.4 cm³/mol. The Hall–Kier alpha value is -1.57. The van der Waals surface area contributed by atoms with Gasteiger partial charge in [-0.1, -0.05) is 19.9 Å². The minimum absolute atomic E-state index is 0.407. The maximum absolute atomic E-state index is 9.90. The van der Waals surface area contributed by atoms with Gasteiger partial charge in [0.05, 0.1) is 17.7 Å². The summed E-state index contributed by atoms with van der Waals surface area (Å²) in [7, 11) is 0. The molecule has 4 heteroatoms. The fourth-order valence-electron chi connectivity index (χ4n) is 1.78. The van der Waals surface area contributed by atoms with Gasteiger partial charge in [0, 0.05) is 18.8 Å². The van der Waals surface area contributed by atoms with Crippen LogP contribution < -0.4 is 5.32 Å². The van der Waals surface area contributed by atoms with E-state index in [1.54, 1.807) is 12.1 Å². The summed E-state index contributed by atoms with van der Waals surface area (Å²) in [5.41, 5.74) is 1.49. The van der Waals surface area contributed by atoms with Crippen molar-refractivity contribution in [3.63, 3.8) is 0 Å². The molecule has 1 unspecified atom stereocenters. The lowest BCUT2D eigenvalue weighted by atomic mass is 10.2. The summed E-state index contributed by atoms with van der Waals surface area (Å²) in [5, 5.41) is 21.8. The van der Waals surface area contributed by atoms with E-state index in [0.29, 0.717) is 18.7 Å². The second-order valence-electron chi connectivity index (χ2n) is 4.21. The van der Waals surface area contributed by atoms with Gasteiger partial charge in [0.25, 0.3) is 0 Å². The van der Waals surface area contributed by atoms with E-state index in [9.17, 15) is 5.11 Å². The normalized spacial score (nSPS) is 12.2. The Morgan fingerprint density at radius 1 is 1.39 bits per heavy atom. The summed E-state index contributed by atoms with van der Waals surface area (Å²) in [5.74, 6) is 0. The van der Waals surface area contributed by atoms with Crippen LogP contribution in [0.4, 0.5) is 5.69 Å². The number of aliphatic hydroxyl groups excluding tert-OH is 1. The average molecular weight is 247 g/mol. The lowest BCUT2D eigenvalue weighted by Gasteiger charge is -2.22. The first-order valence-electron chi connectivity index (χ1n) is 6.34. The molecule has 0 aliphatic carbocycles. The molecular formula is C14H21N3O. The molecule has 2 N–H and O–H groups in total. The Morgan fingerprint density at radius 2 is 2.11 bits per heavy atom. The molecule has 4 nitrogen and oxygen atoms in total. The first kappa shape index (κ1) is 14.5. The van der Waals surface area contributed by atoms with E-state index in [1.807, 2.05) is 12.1 Å². The molecule has 0 aliphatic heterocycles. The first-order chi connectivity index (χ1) is 8.69. The monoisotopic (exact) mass is 247 g/mol. The smallest absolute Gasteiger partial charge is 0.0992 e. The summed E-state index contributed by atoms with van der Waals surface area (Å²) < 4.78 is 0. The standard InChI is InChI=1S/C14H21N3O/c1-3-17(4-2)11-14(18)10-16-13-7-5-6-12(8-13)9-15/h5-8,14,16,18H,3-4,10-11H2,1-2H3. The Labute approximate surface area is 109 Å². The second kappa shape index (κ2) is 7.70. The van der Waals surface area contributed by atoms with Gasteiger partial charge in [-0.15, -0.1) is 0 Å². The summed E-state index contributed by atoms with van der Waals surface area (Å²) in [4.78, 5) is 2.18. The van der Waals surface area contributed by atoms with Gasteiger partial charge in [0.15, 0.2) is 0 Å². The van der Waals surface area contributed by atoms with E-state index in [4.69, 9.17) is 5.26 Å². The van der Waals surface area contributed by atoms with E-state index in [-0.39, 0.29) is 0 Å². The minimum Gasteiger partial charge on any atom is -0.390 e. The average Bonchev–Trinajstić information content (AvgIpc) is 2.42. The van der Waals surface area contributed by atoms with Crippen molar-refractivity contribution in [2.75, 3.05) is 31.5 Å². The molecule has 0 fully saturated rings. The molecule has 98 valence electrons. The van der Waals surface area contributed by atoms with Crippen LogP contribution in [0.2, 0.25) is 0 Å². The quantitative estimate of drug-likeness (QED) is 0.769. The van der Waals surface area contributed by atoms with Crippen molar-refractivity contribution in [2.24, 2.45) is 0 Å². The van der Waals surface area contributed by atoms with Gasteiger partial charge in [0.1, 0.15) is 0 Å². The van der Waals surface area contributed by atoms with E-state index < -0.39 is 6.10 Å². The lowest BCUT2D eigenvalue weighted by Crippen LogP contribution is -2.35. The zero-order valence-electron chi connectivity index (χ0n) is 11.1. The Morgan fingerprint density at radius 3 is 2.72 bits per heavy atom. The van der Waals surface area contributed by atoms with Crippen molar-refractivity contribution in [2.45, 2.75) is 20.0 Å². The van der Waals surface area contributed by atoms with Gasteiger partial charge < -0.3 is 15.3 Å². The number of nitriles is 1. The number of nitrogens with zero attached hydrogens (tertiary/aromatic N) is 2. The highest BCUT2D eigenvalue weighted by atomic mass is 16.3. The van der Waals surface area contributed by atoms with Gasteiger partial charge >= 0.3 is 0 Å². The summed E-state index contributed by atoms with van der Waals surface area (Å²) in [6.07, 6.45) is -0.407. The summed E-state index contributed by atoms with van der Waals surface area (Å²) in [6.45, 7) is 7.21. The van der Waals surface area contributed by atoms with Gasteiger partial charge in [0.2, 0.25) is 0 Å². The lowest BCUT2D eigenvalue weighted by molar-refractivity contribution is 0.128. The molecular weight excluding hydrogens is 226 g/mol. The number of hydrogen-bond donors (Lipinski definition) is 2. The van der Waals surface area contributed by atoms with Crippen LogP contribution in [0.1, 0.15) is 19.4 Å². The maximum atomic E-state index is 9.90. The van der Waals surface area contributed by atoms with Gasteiger partial charge in [-0.25, -0.2) is 0 Å². The minimum atomic E-state index is -0.407. The number of aliphatic hydroxyl groups is 1. The Kier molecular flexibility index (Phi) is 6.20. The molecule has 0 saturated heterocycles. The molecule has 0 heterocycles. The van der Waals surface area contributed by atoms with Crippen molar-refractivity contribution in [1.82, 2.24) is 4.90 Å². The third-order valence-electron chi connectivity index (χ3n) is 2.90. The number of hydrogen-bond acceptors (Lipinski definition) is 4. The van der Waals surface area contributed by atoms with E-state index in [0.717, 1.165) is 18.8 Å². The first-order valence-corrected chi connectivity index (χ1v) is 6.34. The van der Waals surface area contributed by atoms with Crippen molar-refractivity contribution < 1.29 is 5.11 Å². The van der Waals surface area contributed by atoms with Crippen molar-refractivity contribution in [1.29, 1.82) is 5.26 Å². The maximum Gasteiger partial charge on any atom is 0.0992 e. The van der Waals surface area contributed by atoms with Gasteiger partial charge in [-0.05, 0) is 31.3 Å². The van der Waals surface area contributed by atoms with Crippen LogP contribution >= 0.6 is 0 Å². The van der Waals surface area contributed by atoms with E-state index in [2.05, 4.69) is 30.1 Å². The number of anilines is 1. The van der Waals surface area contributed by atoms with Gasteiger partial charge in [-0.2, -0.15) is 5.26 Å². The molecule has 1 aromatic rings. The molecule has 18 heavy (non-hydrogen) atoms. The SMILES string of the molecule is CCN(CC)CC(O)CNc1cccc(C#N)c1. The van der Waals surface area contributed by atoms with Crippen molar-refractivity contribution >= 4 is 5.69 Å². The molecule has 0 radical (unpaired) electrons. The van der Waals surface area contributed by atoms with Crippen LogP contribution in [0.3, 0.4) is 0 Å². The number of benzene rings is 1. The summed E-state index contributed by atoms with van der Waals surface area (Å²) in [6, 6.07) is 9.36. The van der Waals surface area contributed by atoms with Crippen LogP contribution in [0.15, 0.2) is 24.3 Å². The van der Waals surface area contributed by atoms with Crippen LogP contribution in [0.5, 0.6) is 0 Å². The zero-order chi connectivity index (χ0) is 13.4. The number of nitrogens with one attached hydrogen (secondary N) is 1. The molecule has 1 atom stereocenters. The third kappa shape index (κ3) is 4.74. The van der Waals surface area contributed by atoms with E-state index >= 15 is 0 Å². The number of likely N-dealkylation sites (N-methyl/N-ethyl adjacent to an activating group) is 1. The highest BCUT2D eigenvalue weighted by Crippen LogP contribution is 2.09. The fraction of sp³-hybridized carbons (Fsp3) is 0.500. The molecule has 0 spiro atoms. The molecule has 1 rings (SSSR count). The highest BCUT2D eigenvalue weighted by Gasteiger charge is 2.08. The molecule has 0 bridgehead atoms. The molecule has 1 aromatic carbocycles. The Balaban J connectivity index is 2.42. The van der Waals surface area contributed by atoms with Crippen LogP contribution in [0, 0.1) is 11.3 Å². The molecule has 0 saturated carbocycles. The summed E-state index contributed by atoms with van der Waals surface area (Å²) >= 11 is 0. The van der Waals surface area contributed by atoms with Crippen LogP contribution in [-0.4, -0.2) is 42.3 Å². The molecule has 0 amide bonds. The molecule has 0 aromatic heterocycles. The van der Waals surface area contributed by atoms with Crippen LogP contribution in [-0.2, 0) is 0 Å². The molecule has 0 aliphatic rings. The number of rotatable bonds is 7. The van der Waals surface area contributed by atoms with Crippen molar-refractivity contribution in [3.8, 4) is 6.07 Å². The highest BCUT2D eigenvalue weighted by molar-refractivity contribution is 5.49. The topological polar surface area (TPSA) is 59.3 Å². The van der Waals surface area contributed by atoms with E-state index in [1.165, 1.54) is 0 Å².